The standard InChI is InChI=1S/C17H22ClN7O/c1-11-6-13(19-23(11)4)8-25(10-16-14(18)9-22(3)20-16)17(26)15-7-12(2)24(5)21-15/h6-7,9H,8,10H2,1-5H3. The van der Waals surface area contributed by atoms with Crippen molar-refractivity contribution in [2.45, 2.75) is 26.9 Å². The first-order chi connectivity index (χ1) is 12.2. The maximum atomic E-state index is 13.1. The van der Waals surface area contributed by atoms with Crippen LogP contribution in [0.25, 0.3) is 0 Å². The fraction of sp³-hybridized carbons (Fsp3) is 0.412. The average molecular weight is 376 g/mol. The molecule has 0 radical (unpaired) electrons. The fourth-order valence-electron chi connectivity index (χ4n) is 2.73. The third-order valence-corrected chi connectivity index (χ3v) is 4.65. The van der Waals surface area contributed by atoms with E-state index in [0.29, 0.717) is 23.0 Å². The smallest absolute Gasteiger partial charge is 0.275 e. The van der Waals surface area contributed by atoms with E-state index in [1.165, 1.54) is 0 Å². The highest BCUT2D eigenvalue weighted by molar-refractivity contribution is 6.31. The number of aryl methyl sites for hydroxylation is 5. The normalized spacial score (nSPS) is 11.2. The van der Waals surface area contributed by atoms with Gasteiger partial charge in [-0.1, -0.05) is 11.6 Å². The summed E-state index contributed by atoms with van der Waals surface area (Å²) in [5.74, 6) is -0.182. The molecule has 1 amide bonds. The Hall–Kier alpha value is -2.61. The highest BCUT2D eigenvalue weighted by Crippen LogP contribution is 2.19. The zero-order chi connectivity index (χ0) is 19.0. The van der Waals surface area contributed by atoms with Gasteiger partial charge in [-0.3, -0.25) is 18.8 Å². The van der Waals surface area contributed by atoms with Crippen LogP contribution in [0.15, 0.2) is 18.3 Å². The Morgan fingerprint density at radius 3 is 2.19 bits per heavy atom. The van der Waals surface area contributed by atoms with Crippen molar-refractivity contribution in [1.29, 1.82) is 0 Å². The van der Waals surface area contributed by atoms with Crippen LogP contribution in [-0.2, 0) is 34.2 Å². The predicted octanol–water partition coefficient (Wildman–Crippen LogP) is 2.00. The number of aromatic nitrogens is 6. The molecule has 0 N–H and O–H groups in total. The lowest BCUT2D eigenvalue weighted by atomic mass is 10.2. The second-order valence-electron chi connectivity index (χ2n) is 6.45. The van der Waals surface area contributed by atoms with Crippen LogP contribution in [-0.4, -0.2) is 40.1 Å². The van der Waals surface area contributed by atoms with Crippen LogP contribution in [0.4, 0.5) is 0 Å². The first kappa shape index (κ1) is 18.2. The minimum Gasteiger partial charge on any atom is -0.325 e. The number of carbonyl (C=O) groups excluding carboxylic acids is 1. The van der Waals surface area contributed by atoms with Gasteiger partial charge in [0, 0.05) is 38.7 Å². The Labute approximate surface area is 157 Å². The lowest BCUT2D eigenvalue weighted by Gasteiger charge is -2.20. The van der Waals surface area contributed by atoms with Crippen molar-refractivity contribution >= 4 is 17.5 Å². The molecule has 0 saturated heterocycles. The Morgan fingerprint density at radius 1 is 1.04 bits per heavy atom. The van der Waals surface area contributed by atoms with Gasteiger partial charge in [0.15, 0.2) is 5.69 Å². The Balaban J connectivity index is 1.91. The summed E-state index contributed by atoms with van der Waals surface area (Å²) in [7, 11) is 5.49. The van der Waals surface area contributed by atoms with Crippen LogP contribution in [0.1, 0.15) is 33.3 Å². The van der Waals surface area contributed by atoms with Gasteiger partial charge in [-0.15, -0.1) is 0 Å². The number of halogens is 1. The van der Waals surface area contributed by atoms with Crippen molar-refractivity contribution < 1.29 is 4.79 Å². The van der Waals surface area contributed by atoms with E-state index in [2.05, 4.69) is 15.3 Å². The van der Waals surface area contributed by atoms with Crippen LogP contribution >= 0.6 is 11.6 Å². The van der Waals surface area contributed by atoms with Gasteiger partial charge in [0.1, 0.15) is 5.69 Å². The highest BCUT2D eigenvalue weighted by atomic mass is 35.5. The molecule has 0 fully saturated rings. The SMILES string of the molecule is Cc1cc(CN(Cc2nn(C)cc2Cl)C(=O)c2cc(C)n(C)n2)nn1C. The number of hydrogen-bond donors (Lipinski definition) is 0. The number of nitrogens with zero attached hydrogens (tertiary/aromatic N) is 7. The van der Waals surface area contributed by atoms with Gasteiger partial charge in [-0.05, 0) is 26.0 Å². The van der Waals surface area contributed by atoms with E-state index in [0.717, 1.165) is 17.1 Å². The van der Waals surface area contributed by atoms with Gasteiger partial charge >= 0.3 is 0 Å². The summed E-state index contributed by atoms with van der Waals surface area (Å²) in [6.07, 6.45) is 1.72. The molecule has 3 rings (SSSR count). The van der Waals surface area contributed by atoms with Crippen LogP contribution < -0.4 is 0 Å². The quantitative estimate of drug-likeness (QED) is 0.683. The first-order valence-electron chi connectivity index (χ1n) is 8.22. The van der Waals surface area contributed by atoms with Gasteiger partial charge in [0.05, 0.1) is 23.8 Å². The van der Waals surface area contributed by atoms with Crippen molar-refractivity contribution in [3.8, 4) is 0 Å². The monoisotopic (exact) mass is 375 g/mol. The lowest BCUT2D eigenvalue weighted by molar-refractivity contribution is 0.0718. The van der Waals surface area contributed by atoms with Crippen LogP contribution in [0.3, 0.4) is 0 Å². The third kappa shape index (κ3) is 3.65. The predicted molar refractivity (Wildman–Crippen MR) is 97.7 cm³/mol. The minimum atomic E-state index is -0.182. The molecule has 138 valence electrons. The molecule has 0 aliphatic rings. The highest BCUT2D eigenvalue weighted by Gasteiger charge is 2.23. The largest absolute Gasteiger partial charge is 0.325 e. The van der Waals surface area contributed by atoms with Gasteiger partial charge in [0.2, 0.25) is 0 Å². The average Bonchev–Trinajstić information content (AvgIpc) is 3.17. The molecule has 0 unspecified atom stereocenters. The third-order valence-electron chi connectivity index (χ3n) is 4.33. The molecule has 3 heterocycles. The van der Waals surface area contributed by atoms with Crippen LogP contribution in [0, 0.1) is 13.8 Å². The molecule has 3 aromatic heterocycles. The van der Waals surface area contributed by atoms with E-state index in [9.17, 15) is 4.79 Å². The Bertz CT molecular complexity index is 914. The number of rotatable bonds is 5. The van der Waals surface area contributed by atoms with E-state index < -0.39 is 0 Å². The van der Waals surface area contributed by atoms with Crippen molar-refractivity contribution in [2.75, 3.05) is 0 Å². The Morgan fingerprint density at radius 2 is 1.69 bits per heavy atom. The molecular formula is C17H22ClN7O. The van der Waals surface area contributed by atoms with Gasteiger partial charge in [-0.2, -0.15) is 15.3 Å². The molecule has 0 atom stereocenters. The maximum absolute atomic E-state index is 13.1. The summed E-state index contributed by atoms with van der Waals surface area (Å²) in [5.41, 5.74) is 3.78. The second-order valence-corrected chi connectivity index (χ2v) is 6.86. The fourth-order valence-corrected chi connectivity index (χ4v) is 2.97. The van der Waals surface area contributed by atoms with E-state index in [1.807, 2.05) is 34.0 Å². The summed E-state index contributed by atoms with van der Waals surface area (Å²) in [6, 6.07) is 3.74. The van der Waals surface area contributed by atoms with Crippen molar-refractivity contribution in [3.63, 3.8) is 0 Å². The van der Waals surface area contributed by atoms with E-state index >= 15 is 0 Å². The molecule has 8 nitrogen and oxygen atoms in total. The van der Waals surface area contributed by atoms with Crippen molar-refractivity contribution in [3.05, 3.63) is 51.8 Å². The molecule has 3 aromatic rings. The molecule has 9 heteroatoms. The van der Waals surface area contributed by atoms with Crippen LogP contribution in [0.5, 0.6) is 0 Å². The molecular weight excluding hydrogens is 354 g/mol. The van der Waals surface area contributed by atoms with Gasteiger partial charge in [-0.25, -0.2) is 0 Å². The molecule has 0 saturated carbocycles. The van der Waals surface area contributed by atoms with Crippen molar-refractivity contribution in [1.82, 2.24) is 34.2 Å². The van der Waals surface area contributed by atoms with Crippen molar-refractivity contribution in [2.24, 2.45) is 21.1 Å². The summed E-state index contributed by atoms with van der Waals surface area (Å²) < 4.78 is 5.11. The zero-order valence-corrected chi connectivity index (χ0v) is 16.3. The molecule has 26 heavy (non-hydrogen) atoms. The maximum Gasteiger partial charge on any atom is 0.275 e. The number of hydrogen-bond acceptors (Lipinski definition) is 4. The number of amides is 1. The second kappa shape index (κ2) is 6.95. The summed E-state index contributed by atoms with van der Waals surface area (Å²) in [4.78, 5) is 14.7. The molecule has 0 spiro atoms. The topological polar surface area (TPSA) is 73.8 Å². The van der Waals surface area contributed by atoms with Gasteiger partial charge < -0.3 is 4.90 Å². The molecule has 0 aliphatic carbocycles. The van der Waals surface area contributed by atoms with E-state index in [1.54, 1.807) is 38.3 Å². The molecule has 0 bridgehead atoms. The molecule has 0 aliphatic heterocycles. The summed E-state index contributed by atoms with van der Waals surface area (Å²) in [6.45, 7) is 4.51. The van der Waals surface area contributed by atoms with Crippen LogP contribution in [0.2, 0.25) is 5.02 Å². The summed E-state index contributed by atoms with van der Waals surface area (Å²) in [5, 5.41) is 13.6. The number of carbonyl (C=O) groups is 1. The Kier molecular flexibility index (Phi) is 4.86. The zero-order valence-electron chi connectivity index (χ0n) is 15.6. The van der Waals surface area contributed by atoms with E-state index in [-0.39, 0.29) is 12.5 Å². The van der Waals surface area contributed by atoms with Gasteiger partial charge in [0.25, 0.3) is 5.91 Å². The summed E-state index contributed by atoms with van der Waals surface area (Å²) >= 11 is 6.24. The van der Waals surface area contributed by atoms with E-state index in [4.69, 9.17) is 11.6 Å². The first-order valence-corrected chi connectivity index (χ1v) is 8.60. The molecule has 0 aromatic carbocycles. The lowest BCUT2D eigenvalue weighted by Crippen LogP contribution is -2.31. The minimum absolute atomic E-state index is 0.182.